The highest BCUT2D eigenvalue weighted by molar-refractivity contribution is 7.92. The summed E-state index contributed by atoms with van der Waals surface area (Å²) in [4.78, 5) is 17.6. The van der Waals surface area contributed by atoms with Gasteiger partial charge in [0.15, 0.2) is 9.84 Å². The summed E-state index contributed by atoms with van der Waals surface area (Å²) in [5.41, 5.74) is -0.377. The molecule has 0 radical (unpaired) electrons. The third kappa shape index (κ3) is 6.77. The number of alkyl carbamates (subject to hydrolysis) is 1. The van der Waals surface area contributed by atoms with Crippen molar-refractivity contribution in [1.29, 1.82) is 0 Å². The number of carbonyl (C=O) groups is 1. The molecule has 0 saturated heterocycles. The van der Waals surface area contributed by atoms with Gasteiger partial charge < -0.3 is 19.9 Å². The van der Waals surface area contributed by atoms with Gasteiger partial charge in [0.05, 0.1) is 31.7 Å². The zero-order valence-corrected chi connectivity index (χ0v) is 23.0. The van der Waals surface area contributed by atoms with Gasteiger partial charge in [-0.1, -0.05) is 0 Å². The summed E-state index contributed by atoms with van der Waals surface area (Å²) in [5, 5.41) is 13.6. The van der Waals surface area contributed by atoms with Crippen LogP contribution in [0.15, 0.2) is 29.3 Å². The van der Waals surface area contributed by atoms with E-state index in [1.165, 1.54) is 11.3 Å². The number of aliphatic hydroxyl groups is 1. The number of nitrogens with zero attached hydrogens (tertiary/aromatic N) is 1. The Kier molecular flexibility index (Phi) is 7.97. The van der Waals surface area contributed by atoms with Gasteiger partial charge in [0.1, 0.15) is 12.4 Å². The molecule has 1 heterocycles. The Labute approximate surface area is 217 Å². The summed E-state index contributed by atoms with van der Waals surface area (Å²) >= 11 is 1.53. The van der Waals surface area contributed by atoms with Crippen LogP contribution in [-0.4, -0.2) is 54.2 Å². The highest BCUT2D eigenvalue weighted by atomic mass is 32.2. The lowest BCUT2D eigenvalue weighted by molar-refractivity contribution is 0.0284. The van der Waals surface area contributed by atoms with Gasteiger partial charge in [-0.25, -0.2) is 18.2 Å². The number of rotatable bonds is 9. The predicted molar refractivity (Wildman–Crippen MR) is 139 cm³/mol. The van der Waals surface area contributed by atoms with Crippen molar-refractivity contribution < 1.29 is 27.8 Å². The summed E-state index contributed by atoms with van der Waals surface area (Å²) in [6.45, 7) is 7.00. The van der Waals surface area contributed by atoms with E-state index in [4.69, 9.17) is 9.47 Å². The molecule has 2 aliphatic carbocycles. The molecule has 0 atom stereocenters. The summed E-state index contributed by atoms with van der Waals surface area (Å²) in [6, 6.07) is 5.22. The monoisotopic (exact) mass is 536 g/mol. The second-order valence-corrected chi connectivity index (χ2v) is 14.0. The van der Waals surface area contributed by atoms with Crippen molar-refractivity contribution in [3.05, 3.63) is 29.4 Å². The molecule has 36 heavy (non-hydrogen) atoms. The number of sulfone groups is 1. The van der Waals surface area contributed by atoms with E-state index in [1.807, 2.05) is 13.8 Å². The molecule has 1 amide bonds. The summed E-state index contributed by atoms with van der Waals surface area (Å²) in [5.74, 6) is 0.701. The summed E-state index contributed by atoms with van der Waals surface area (Å²) in [6.07, 6.45) is 6.09. The minimum Gasteiger partial charge on any atom is -0.491 e. The lowest BCUT2D eigenvalue weighted by Crippen LogP contribution is -2.38. The minimum absolute atomic E-state index is 0.0622. The highest BCUT2D eigenvalue weighted by Crippen LogP contribution is 2.43. The van der Waals surface area contributed by atoms with Crippen LogP contribution in [0.4, 0.5) is 4.79 Å². The van der Waals surface area contributed by atoms with E-state index in [9.17, 15) is 18.3 Å². The Bertz CT molecular complexity index is 1170. The van der Waals surface area contributed by atoms with E-state index in [-0.39, 0.29) is 40.9 Å². The van der Waals surface area contributed by atoms with Gasteiger partial charge in [-0.15, -0.1) is 11.3 Å². The van der Waals surface area contributed by atoms with Crippen molar-refractivity contribution >= 4 is 27.3 Å². The Morgan fingerprint density at radius 1 is 1.19 bits per heavy atom. The van der Waals surface area contributed by atoms with E-state index in [1.54, 1.807) is 38.2 Å². The van der Waals surface area contributed by atoms with Gasteiger partial charge in [-0.05, 0) is 84.4 Å². The fraction of sp³-hybridized carbons (Fsp3) is 0.615. The largest absolute Gasteiger partial charge is 0.491 e. The van der Waals surface area contributed by atoms with Gasteiger partial charge in [0, 0.05) is 23.7 Å². The van der Waals surface area contributed by atoms with E-state index < -0.39 is 15.4 Å². The molecule has 2 fully saturated rings. The number of amides is 1. The number of nitrogens with one attached hydrogen (secondary N) is 1. The van der Waals surface area contributed by atoms with Crippen LogP contribution in [0.5, 0.6) is 5.75 Å². The first-order valence-electron chi connectivity index (χ1n) is 12.6. The average Bonchev–Trinajstić information content (AvgIpc) is 3.55. The molecule has 4 rings (SSSR count). The zero-order valence-electron chi connectivity index (χ0n) is 21.3. The number of thiazole rings is 1. The zero-order chi connectivity index (χ0) is 26.1. The minimum atomic E-state index is -3.48. The first-order valence-corrected chi connectivity index (χ1v) is 14.9. The molecular formula is C26H36N2O6S2. The van der Waals surface area contributed by atoms with Crippen LogP contribution in [0.2, 0.25) is 0 Å². The van der Waals surface area contributed by atoms with E-state index in [0.717, 1.165) is 35.6 Å². The molecule has 2 N–H and O–H groups in total. The van der Waals surface area contributed by atoms with Gasteiger partial charge in [0.25, 0.3) is 0 Å². The smallest absolute Gasteiger partial charge is 0.407 e. The second kappa shape index (κ2) is 10.7. The van der Waals surface area contributed by atoms with Crippen LogP contribution < -0.4 is 10.1 Å². The number of benzene rings is 1. The first-order chi connectivity index (χ1) is 16.9. The fourth-order valence-electron chi connectivity index (χ4n) is 4.35. The Morgan fingerprint density at radius 3 is 2.50 bits per heavy atom. The molecule has 0 unspecified atom stereocenters. The molecule has 2 aliphatic rings. The van der Waals surface area contributed by atoms with Crippen molar-refractivity contribution in [3.8, 4) is 16.2 Å². The van der Waals surface area contributed by atoms with E-state index >= 15 is 0 Å². The SMILES string of the molecule is CC(C)OC(=O)NC1CCC(c2ncc(-c3ccc(OCC(C)(C)O)cc3S(=O)(=O)C3CC3)s2)CC1. The topological polar surface area (TPSA) is 115 Å². The summed E-state index contributed by atoms with van der Waals surface area (Å²) < 4.78 is 37.4. The van der Waals surface area contributed by atoms with E-state index in [2.05, 4.69) is 10.3 Å². The molecule has 2 aromatic rings. The molecule has 198 valence electrons. The number of ether oxygens (including phenoxy) is 2. The third-order valence-electron chi connectivity index (χ3n) is 6.35. The van der Waals surface area contributed by atoms with Crippen molar-refractivity contribution in [2.75, 3.05) is 6.61 Å². The lowest BCUT2D eigenvalue weighted by Gasteiger charge is -2.28. The quantitative estimate of drug-likeness (QED) is 0.460. The third-order valence-corrected chi connectivity index (χ3v) is 9.84. The predicted octanol–water partition coefficient (Wildman–Crippen LogP) is 5.06. The van der Waals surface area contributed by atoms with Crippen LogP contribution in [-0.2, 0) is 14.6 Å². The Balaban J connectivity index is 1.49. The van der Waals surface area contributed by atoms with Crippen molar-refractivity contribution in [1.82, 2.24) is 10.3 Å². The van der Waals surface area contributed by atoms with Crippen LogP contribution in [0.1, 0.15) is 77.1 Å². The first kappa shape index (κ1) is 26.9. The van der Waals surface area contributed by atoms with Crippen LogP contribution >= 0.6 is 11.3 Å². The molecule has 1 aromatic heterocycles. The number of aromatic nitrogens is 1. The maximum absolute atomic E-state index is 13.3. The van der Waals surface area contributed by atoms with Crippen molar-refractivity contribution in [2.24, 2.45) is 0 Å². The molecule has 10 heteroatoms. The standard InChI is InChI=1S/C26H36N2O6S2/c1-16(2)34-25(29)28-18-7-5-17(6-8-18)24-27-14-22(35-24)21-12-9-19(33-15-26(3,4)30)13-23(21)36(31,32)20-10-11-20/h9,12-14,16-18,20,30H,5-8,10-11,15H2,1-4H3,(H,28,29). The number of hydrogen-bond acceptors (Lipinski definition) is 8. The number of carbonyl (C=O) groups excluding carboxylic acids is 1. The molecular weight excluding hydrogens is 500 g/mol. The van der Waals surface area contributed by atoms with Gasteiger partial charge in [-0.2, -0.15) is 0 Å². The maximum atomic E-state index is 13.3. The van der Waals surface area contributed by atoms with Crippen LogP contribution in [0.25, 0.3) is 10.4 Å². The molecule has 0 aliphatic heterocycles. The lowest BCUT2D eigenvalue weighted by atomic mass is 9.86. The Hall–Kier alpha value is -2.17. The molecule has 0 bridgehead atoms. The molecule has 2 saturated carbocycles. The number of hydrogen-bond donors (Lipinski definition) is 2. The van der Waals surface area contributed by atoms with Gasteiger partial charge in [-0.3, -0.25) is 0 Å². The van der Waals surface area contributed by atoms with Crippen molar-refractivity contribution in [2.45, 2.75) is 100 Å². The second-order valence-electron chi connectivity index (χ2n) is 10.7. The summed E-state index contributed by atoms with van der Waals surface area (Å²) in [7, 11) is -3.48. The van der Waals surface area contributed by atoms with E-state index in [0.29, 0.717) is 24.2 Å². The van der Waals surface area contributed by atoms with Gasteiger partial charge >= 0.3 is 6.09 Å². The normalized spacial score (nSPS) is 20.8. The average molecular weight is 537 g/mol. The molecule has 8 nitrogen and oxygen atoms in total. The fourth-order valence-corrected chi connectivity index (χ4v) is 7.42. The maximum Gasteiger partial charge on any atom is 0.407 e. The van der Waals surface area contributed by atoms with Crippen LogP contribution in [0.3, 0.4) is 0 Å². The van der Waals surface area contributed by atoms with Gasteiger partial charge in [0.2, 0.25) is 0 Å². The molecule has 1 aromatic carbocycles. The van der Waals surface area contributed by atoms with Crippen LogP contribution in [0, 0.1) is 0 Å². The molecule has 0 spiro atoms. The Morgan fingerprint density at radius 2 is 1.89 bits per heavy atom. The highest BCUT2D eigenvalue weighted by Gasteiger charge is 2.39. The van der Waals surface area contributed by atoms with Crippen molar-refractivity contribution in [3.63, 3.8) is 0 Å².